The zero-order chi connectivity index (χ0) is 27.0. The molecule has 1 atom stereocenters. The molecule has 0 aliphatic heterocycles. The highest BCUT2D eigenvalue weighted by Gasteiger charge is 2.41. The van der Waals surface area contributed by atoms with E-state index in [2.05, 4.69) is 76.3 Å². The molecule has 1 nitrogen and oxygen atoms in total. The third kappa shape index (κ3) is 7.05. The van der Waals surface area contributed by atoms with Crippen LogP contribution >= 0.6 is 0 Å². The molecule has 38 heavy (non-hydrogen) atoms. The Balaban J connectivity index is 1.38. The van der Waals surface area contributed by atoms with Crippen molar-refractivity contribution >= 4 is 5.69 Å². The molecule has 210 valence electrons. The summed E-state index contributed by atoms with van der Waals surface area (Å²) in [6.07, 6.45) is 21.6. The molecule has 1 N–H and O–H groups in total. The van der Waals surface area contributed by atoms with Crippen molar-refractivity contribution in [3.8, 4) is 11.1 Å². The molecule has 2 aliphatic carbocycles. The molecule has 0 radical (unpaired) electrons. The second-order valence-electron chi connectivity index (χ2n) is 13.2. The van der Waals surface area contributed by atoms with Crippen molar-refractivity contribution in [1.82, 2.24) is 0 Å². The van der Waals surface area contributed by atoms with Crippen molar-refractivity contribution in [2.45, 2.75) is 137 Å². The Labute approximate surface area is 235 Å². The molecule has 0 amide bonds. The van der Waals surface area contributed by atoms with Crippen molar-refractivity contribution in [2.75, 3.05) is 11.9 Å². The van der Waals surface area contributed by atoms with E-state index in [1.54, 1.807) is 5.56 Å². The summed E-state index contributed by atoms with van der Waals surface area (Å²) in [5.41, 5.74) is 9.03. The summed E-state index contributed by atoms with van der Waals surface area (Å²) in [4.78, 5) is 0. The molecule has 1 unspecified atom stereocenters. The molecular formula is C37H57N. The predicted octanol–water partition coefficient (Wildman–Crippen LogP) is 11.6. The summed E-state index contributed by atoms with van der Waals surface area (Å²) in [6.45, 7) is 12.7. The monoisotopic (exact) mass is 515 g/mol. The van der Waals surface area contributed by atoms with Gasteiger partial charge in [-0.05, 0) is 128 Å². The maximum absolute atomic E-state index is 3.61. The second-order valence-corrected chi connectivity index (χ2v) is 13.2. The quantitative estimate of drug-likeness (QED) is 0.277. The average molecular weight is 516 g/mol. The van der Waals surface area contributed by atoms with E-state index < -0.39 is 0 Å². The minimum atomic E-state index is 0.665. The molecule has 0 spiro atoms. The van der Waals surface area contributed by atoms with Crippen LogP contribution in [-0.2, 0) is 0 Å². The van der Waals surface area contributed by atoms with Crippen LogP contribution in [0, 0.1) is 31.1 Å². The number of hydrogen-bond donors (Lipinski definition) is 1. The molecule has 0 saturated heterocycles. The molecule has 4 rings (SSSR count). The number of unbranched alkanes of at least 4 members (excludes halogenated alkanes) is 3. The first-order chi connectivity index (χ1) is 18.5. The van der Waals surface area contributed by atoms with Crippen LogP contribution in [0.2, 0.25) is 0 Å². The van der Waals surface area contributed by atoms with Gasteiger partial charge in [-0.15, -0.1) is 0 Å². The molecule has 2 aromatic rings. The van der Waals surface area contributed by atoms with Gasteiger partial charge in [0.15, 0.2) is 0 Å². The SMILES string of the molecule is CCCCCC1(C2CCC(C(C)c3ccc(-c4ccc(NCCCC)c(C)c4)c(C)c3)CC2)CCCCC1. The number of rotatable bonds is 12. The molecule has 0 aromatic heterocycles. The zero-order valence-electron chi connectivity index (χ0n) is 25.5. The Morgan fingerprint density at radius 3 is 2.21 bits per heavy atom. The van der Waals surface area contributed by atoms with Crippen molar-refractivity contribution in [1.29, 1.82) is 0 Å². The van der Waals surface area contributed by atoms with E-state index >= 15 is 0 Å². The lowest BCUT2D eigenvalue weighted by atomic mass is 9.58. The van der Waals surface area contributed by atoms with Gasteiger partial charge in [0.1, 0.15) is 0 Å². The predicted molar refractivity (Wildman–Crippen MR) is 168 cm³/mol. The van der Waals surface area contributed by atoms with E-state index in [0.29, 0.717) is 11.3 Å². The summed E-state index contributed by atoms with van der Waals surface area (Å²) >= 11 is 0. The Morgan fingerprint density at radius 2 is 1.55 bits per heavy atom. The smallest absolute Gasteiger partial charge is 0.0370 e. The zero-order valence-corrected chi connectivity index (χ0v) is 25.5. The Morgan fingerprint density at radius 1 is 0.816 bits per heavy atom. The van der Waals surface area contributed by atoms with Gasteiger partial charge in [0.2, 0.25) is 0 Å². The summed E-state index contributed by atoms with van der Waals surface area (Å²) in [5, 5.41) is 3.61. The van der Waals surface area contributed by atoms with Gasteiger partial charge in [-0.1, -0.05) is 90.0 Å². The van der Waals surface area contributed by atoms with Crippen LogP contribution in [-0.4, -0.2) is 6.54 Å². The Bertz CT molecular complexity index is 990. The Kier molecular flexibility index (Phi) is 10.8. The van der Waals surface area contributed by atoms with Gasteiger partial charge in [0, 0.05) is 12.2 Å². The minimum absolute atomic E-state index is 0.665. The lowest BCUT2D eigenvalue weighted by molar-refractivity contribution is 0.0409. The lowest BCUT2D eigenvalue weighted by Crippen LogP contribution is -2.36. The minimum Gasteiger partial charge on any atom is -0.385 e. The molecule has 2 saturated carbocycles. The molecule has 1 heteroatoms. The number of benzene rings is 2. The molecule has 2 aliphatic rings. The number of hydrogen-bond acceptors (Lipinski definition) is 1. The van der Waals surface area contributed by atoms with E-state index in [9.17, 15) is 0 Å². The first kappa shape index (κ1) is 29.2. The highest BCUT2D eigenvalue weighted by atomic mass is 14.9. The second kappa shape index (κ2) is 14.0. The molecule has 2 fully saturated rings. The first-order valence-corrected chi connectivity index (χ1v) is 16.4. The maximum Gasteiger partial charge on any atom is 0.0370 e. The average Bonchev–Trinajstić information content (AvgIpc) is 2.94. The number of nitrogens with one attached hydrogen (secondary N) is 1. The summed E-state index contributed by atoms with van der Waals surface area (Å²) in [7, 11) is 0. The van der Waals surface area contributed by atoms with Gasteiger partial charge in [-0.3, -0.25) is 0 Å². The molecule has 0 heterocycles. The van der Waals surface area contributed by atoms with Gasteiger partial charge in [-0.25, -0.2) is 0 Å². The van der Waals surface area contributed by atoms with Crippen molar-refractivity contribution < 1.29 is 0 Å². The van der Waals surface area contributed by atoms with E-state index in [1.165, 1.54) is 124 Å². The van der Waals surface area contributed by atoms with Gasteiger partial charge >= 0.3 is 0 Å². The summed E-state index contributed by atoms with van der Waals surface area (Å²) < 4.78 is 0. The van der Waals surface area contributed by atoms with Crippen LogP contribution in [0.25, 0.3) is 11.1 Å². The lowest BCUT2D eigenvalue weighted by Gasteiger charge is -2.47. The van der Waals surface area contributed by atoms with Crippen molar-refractivity contribution in [3.63, 3.8) is 0 Å². The van der Waals surface area contributed by atoms with Gasteiger partial charge in [0.05, 0.1) is 0 Å². The molecule has 2 aromatic carbocycles. The van der Waals surface area contributed by atoms with Gasteiger partial charge < -0.3 is 5.32 Å². The number of aryl methyl sites for hydroxylation is 2. The molecule has 0 bridgehead atoms. The normalized spacial score (nSPS) is 22.2. The van der Waals surface area contributed by atoms with Crippen LogP contribution in [0.4, 0.5) is 5.69 Å². The maximum atomic E-state index is 3.61. The highest BCUT2D eigenvalue weighted by molar-refractivity contribution is 5.71. The summed E-state index contributed by atoms with van der Waals surface area (Å²) in [6, 6.07) is 14.3. The fourth-order valence-corrected chi connectivity index (χ4v) is 8.07. The van der Waals surface area contributed by atoms with E-state index in [-0.39, 0.29) is 0 Å². The van der Waals surface area contributed by atoms with Crippen LogP contribution < -0.4 is 5.32 Å². The van der Waals surface area contributed by atoms with Gasteiger partial charge in [0.25, 0.3) is 0 Å². The van der Waals surface area contributed by atoms with Crippen LogP contribution in [0.3, 0.4) is 0 Å². The topological polar surface area (TPSA) is 12.0 Å². The third-order valence-electron chi connectivity index (χ3n) is 10.6. The van der Waals surface area contributed by atoms with Crippen LogP contribution in [0.5, 0.6) is 0 Å². The van der Waals surface area contributed by atoms with E-state index in [0.717, 1.165) is 18.4 Å². The molecular weight excluding hydrogens is 458 g/mol. The van der Waals surface area contributed by atoms with Crippen molar-refractivity contribution in [2.24, 2.45) is 17.3 Å². The van der Waals surface area contributed by atoms with Crippen LogP contribution in [0.1, 0.15) is 140 Å². The highest BCUT2D eigenvalue weighted by Crippen LogP contribution is 2.53. The fourth-order valence-electron chi connectivity index (χ4n) is 8.07. The number of anilines is 1. The standard InChI is InChI=1S/C37H57N/c1-6-8-11-22-37(23-12-10-13-24-37)34-18-14-31(15-19-34)30(5)32-16-20-35(28(3)26-32)33-17-21-36(29(4)27-33)38-25-9-7-2/h16-17,20-21,26-27,30-31,34,38H,6-15,18-19,22-25H2,1-5H3. The van der Waals surface area contributed by atoms with Crippen molar-refractivity contribution in [3.05, 3.63) is 53.1 Å². The van der Waals surface area contributed by atoms with Gasteiger partial charge in [-0.2, -0.15) is 0 Å². The summed E-state index contributed by atoms with van der Waals surface area (Å²) in [5.74, 6) is 2.51. The fraction of sp³-hybridized carbons (Fsp3) is 0.676. The van der Waals surface area contributed by atoms with E-state index in [4.69, 9.17) is 0 Å². The third-order valence-corrected chi connectivity index (χ3v) is 10.6. The Hall–Kier alpha value is -1.76. The van der Waals surface area contributed by atoms with E-state index in [1.807, 2.05) is 0 Å². The van der Waals surface area contributed by atoms with Crippen LogP contribution in [0.15, 0.2) is 36.4 Å². The largest absolute Gasteiger partial charge is 0.385 e. The first-order valence-electron chi connectivity index (χ1n) is 16.4.